The van der Waals surface area contributed by atoms with Crippen molar-refractivity contribution in [2.75, 3.05) is 32.8 Å². The largest absolute Gasteiger partial charge is 0.390 e. The Balaban J connectivity index is 1.04. The topological polar surface area (TPSA) is 120 Å². The molecule has 0 aromatic heterocycles. The molecule has 0 radical (unpaired) electrons. The number of carbonyl (C=O) groups is 1. The lowest BCUT2D eigenvalue weighted by atomic mass is 9.46. The number of amidine groups is 1. The predicted octanol–water partition coefficient (Wildman–Crippen LogP) is 4.01. The number of dihydropyridines is 1. The monoisotopic (exact) mass is 628 g/mol. The Hall–Kier alpha value is -2.26. The van der Waals surface area contributed by atoms with Crippen LogP contribution in [0.5, 0.6) is 0 Å². The van der Waals surface area contributed by atoms with Gasteiger partial charge in [0.05, 0.1) is 23.3 Å². The first-order valence-corrected chi connectivity index (χ1v) is 18.3. The van der Waals surface area contributed by atoms with Crippen LogP contribution in [0.25, 0.3) is 0 Å². The molecular weight excluding hydrogens is 576 g/mol. The molecule has 0 spiro atoms. The number of benzene rings is 1. The molecule has 8 heteroatoms. The smallest absolute Gasteiger partial charge is 0.255 e. The highest BCUT2D eigenvalue weighted by Gasteiger charge is 2.62. The number of fused-ring (bicyclic) bond motifs is 7. The van der Waals surface area contributed by atoms with Crippen molar-refractivity contribution in [1.82, 2.24) is 10.2 Å². The number of aliphatic hydroxyl groups is 2. The third-order valence-electron chi connectivity index (χ3n) is 15.0. The molecule has 1 amide bonds. The van der Waals surface area contributed by atoms with E-state index in [9.17, 15) is 15.0 Å². The lowest BCUT2D eigenvalue weighted by Gasteiger charge is -2.59. The summed E-state index contributed by atoms with van der Waals surface area (Å²) in [5.74, 6) is 0.961. The van der Waals surface area contributed by atoms with Crippen molar-refractivity contribution >= 4 is 11.7 Å². The normalized spacial score (nSPS) is 45.2. The summed E-state index contributed by atoms with van der Waals surface area (Å²) in [5.41, 5.74) is 8.16. The Morgan fingerprint density at radius 2 is 1.46 bits per heavy atom. The minimum atomic E-state index is -0.552. The van der Waals surface area contributed by atoms with E-state index in [1.54, 1.807) is 0 Å². The number of nitrogens with zero attached hydrogens (tertiary/aromatic N) is 2. The lowest BCUT2D eigenvalue weighted by Crippen LogP contribution is -2.60. The number of nitrogens with two attached hydrogens (primary N) is 1. The van der Waals surface area contributed by atoms with Gasteiger partial charge >= 0.3 is 0 Å². The molecule has 3 atom stereocenters. The Labute approximate surface area is 273 Å². The Morgan fingerprint density at radius 3 is 2.09 bits per heavy atom. The van der Waals surface area contributed by atoms with Crippen LogP contribution >= 0.6 is 0 Å². The number of rotatable bonds is 6. The van der Waals surface area contributed by atoms with Crippen LogP contribution in [-0.2, 0) is 20.4 Å². The van der Waals surface area contributed by atoms with Gasteiger partial charge < -0.3 is 26.0 Å². The number of amides is 1. The van der Waals surface area contributed by atoms with Crippen molar-refractivity contribution in [3.8, 4) is 0 Å². The molecule has 7 aliphatic carbocycles. The van der Waals surface area contributed by atoms with Crippen molar-refractivity contribution in [3.63, 3.8) is 0 Å². The molecule has 11 rings (SSSR count). The quantitative estimate of drug-likeness (QED) is 0.378. The molecule has 3 heterocycles. The fourth-order valence-corrected chi connectivity index (χ4v) is 11.5. The zero-order valence-electron chi connectivity index (χ0n) is 27.4. The maximum Gasteiger partial charge on any atom is 0.255 e. The summed E-state index contributed by atoms with van der Waals surface area (Å²) in [6.07, 6.45) is 15.7. The van der Waals surface area contributed by atoms with Crippen molar-refractivity contribution in [1.29, 1.82) is 0 Å². The van der Waals surface area contributed by atoms with Crippen molar-refractivity contribution in [3.05, 3.63) is 47.0 Å². The number of hydrogen-bond donors (Lipinski definition) is 4. The average molecular weight is 629 g/mol. The number of carbonyl (C=O) groups excluding carboxylic acids is 1. The van der Waals surface area contributed by atoms with Crippen LogP contribution in [0, 0.1) is 11.3 Å². The Bertz CT molecular complexity index is 1430. The van der Waals surface area contributed by atoms with Gasteiger partial charge in [0, 0.05) is 48.7 Å². The lowest BCUT2D eigenvalue weighted by molar-refractivity contribution is -0.124. The average Bonchev–Trinajstić information content (AvgIpc) is 3.66. The van der Waals surface area contributed by atoms with Gasteiger partial charge in [0.15, 0.2) is 0 Å². The van der Waals surface area contributed by atoms with Gasteiger partial charge in [0.2, 0.25) is 0 Å². The predicted molar refractivity (Wildman–Crippen MR) is 177 cm³/mol. The molecule has 4 bridgehead atoms. The number of hydrogen-bond acceptors (Lipinski definition) is 7. The molecule has 10 aliphatic rings. The van der Waals surface area contributed by atoms with Crippen LogP contribution in [0.3, 0.4) is 0 Å². The zero-order valence-corrected chi connectivity index (χ0v) is 27.4. The van der Waals surface area contributed by atoms with Crippen LogP contribution in [0.2, 0.25) is 0 Å². The van der Waals surface area contributed by atoms with Gasteiger partial charge in [-0.2, -0.15) is 0 Å². The van der Waals surface area contributed by atoms with Crippen molar-refractivity contribution in [2.45, 2.75) is 130 Å². The van der Waals surface area contributed by atoms with Crippen molar-refractivity contribution in [2.24, 2.45) is 22.1 Å². The fourth-order valence-electron chi connectivity index (χ4n) is 11.5. The Morgan fingerprint density at radius 1 is 0.870 bits per heavy atom. The maximum atomic E-state index is 14.2. The maximum absolute atomic E-state index is 14.2. The number of piperidine rings is 1. The molecule has 9 fully saturated rings. The van der Waals surface area contributed by atoms with E-state index >= 15 is 0 Å². The highest BCUT2D eigenvalue weighted by molar-refractivity contribution is 6.21. The second-order valence-electron chi connectivity index (χ2n) is 17.1. The van der Waals surface area contributed by atoms with Crippen LogP contribution in [0.4, 0.5) is 0 Å². The molecule has 46 heavy (non-hydrogen) atoms. The van der Waals surface area contributed by atoms with Gasteiger partial charge in [0.25, 0.3) is 5.91 Å². The summed E-state index contributed by atoms with van der Waals surface area (Å²) in [5, 5.41) is 25.4. The fraction of sp³-hybridized carbons (Fsp3) is 0.737. The van der Waals surface area contributed by atoms with Gasteiger partial charge in [-0.3, -0.25) is 14.7 Å². The molecule has 248 valence electrons. The van der Waals surface area contributed by atoms with Gasteiger partial charge in [0.1, 0.15) is 5.84 Å². The van der Waals surface area contributed by atoms with Crippen LogP contribution < -0.4 is 11.1 Å². The first kappa shape index (κ1) is 29.8. The van der Waals surface area contributed by atoms with Gasteiger partial charge in [-0.05, 0) is 119 Å². The minimum Gasteiger partial charge on any atom is -0.390 e. The molecule has 1 unspecified atom stereocenters. The third-order valence-corrected chi connectivity index (χ3v) is 15.0. The summed E-state index contributed by atoms with van der Waals surface area (Å²) >= 11 is 0. The van der Waals surface area contributed by atoms with Gasteiger partial charge in [-0.1, -0.05) is 30.3 Å². The molecule has 1 aromatic carbocycles. The third kappa shape index (κ3) is 4.45. The molecule has 2 saturated heterocycles. The molecule has 8 nitrogen and oxygen atoms in total. The Kier molecular flexibility index (Phi) is 6.57. The van der Waals surface area contributed by atoms with Crippen LogP contribution in [0.15, 0.2) is 40.9 Å². The number of nitrogens with one attached hydrogen (secondary N) is 1. The van der Waals surface area contributed by atoms with E-state index in [1.165, 1.54) is 24.1 Å². The number of aliphatic imine (C=N–C) groups is 1. The highest BCUT2D eigenvalue weighted by Crippen LogP contribution is 2.63. The van der Waals surface area contributed by atoms with E-state index in [0.29, 0.717) is 24.0 Å². The first-order chi connectivity index (χ1) is 22.1. The van der Waals surface area contributed by atoms with E-state index in [1.807, 2.05) is 0 Å². The second-order valence-corrected chi connectivity index (χ2v) is 17.1. The highest BCUT2D eigenvalue weighted by atomic mass is 16.5. The molecule has 7 saturated carbocycles. The van der Waals surface area contributed by atoms with E-state index in [0.717, 1.165) is 116 Å². The van der Waals surface area contributed by atoms with E-state index < -0.39 is 16.6 Å². The zero-order chi connectivity index (χ0) is 31.4. The molecule has 3 aliphatic heterocycles. The summed E-state index contributed by atoms with van der Waals surface area (Å²) in [6, 6.07) is 10.1. The van der Waals surface area contributed by atoms with Gasteiger partial charge in [-0.25, -0.2) is 0 Å². The second kappa shape index (κ2) is 10.1. The SMILES string of the molecule is NC1=NCC(c2ccc([C@@]34C[C@@H]3CN(C3CCOCC3)C4)cc2)(C23CCC(O)(CC2)CC3)C=C1C(=O)NC12CCC(O)(CC1)CC2. The summed E-state index contributed by atoms with van der Waals surface area (Å²) < 4.78 is 5.65. The van der Waals surface area contributed by atoms with Gasteiger partial charge in [-0.15, -0.1) is 0 Å². The summed E-state index contributed by atoms with van der Waals surface area (Å²) in [6.45, 7) is 4.67. The number of ether oxygens (including phenoxy) is 1. The van der Waals surface area contributed by atoms with Crippen molar-refractivity contribution < 1.29 is 19.7 Å². The number of likely N-dealkylation sites (tertiary alicyclic amines) is 1. The standard InChI is InChI=1S/C38H52N4O4/c39-31-30(32(43)41-34-10-16-36(45,17-11-34)18-12-34)22-38(24-40-31,33-7-13-35(44,14-8-33)15-9-33)27-3-1-26(2-4-27)37-21-28(37)23-42(25-37)29-5-19-46-20-6-29/h1-4,22,28-29,44-45H,5-21,23-25H2,(H2,39,40)(H,41,43)/t28-,33?,34?,35?,36?,37+,38?/m1/s1. The molecule has 1 aromatic rings. The first-order valence-electron chi connectivity index (χ1n) is 18.3. The van der Waals surface area contributed by atoms with Crippen LogP contribution in [0.1, 0.15) is 107 Å². The van der Waals surface area contributed by atoms with E-state index in [4.69, 9.17) is 15.5 Å². The van der Waals surface area contributed by atoms with Crippen LogP contribution in [-0.4, -0.2) is 82.5 Å². The van der Waals surface area contributed by atoms with E-state index in [-0.39, 0.29) is 22.3 Å². The minimum absolute atomic E-state index is 0.0766. The molecule has 5 N–H and O–H groups in total. The summed E-state index contributed by atoms with van der Waals surface area (Å²) in [4.78, 5) is 21.9. The molecular formula is C38H52N4O4. The van der Waals surface area contributed by atoms with E-state index in [2.05, 4.69) is 40.6 Å². The summed E-state index contributed by atoms with van der Waals surface area (Å²) in [7, 11) is 0.